The Morgan fingerprint density at radius 1 is 1.10 bits per heavy atom. The lowest BCUT2D eigenvalue weighted by Gasteiger charge is -2.48. The molecule has 0 saturated carbocycles. The number of rotatable bonds is 4. The van der Waals surface area contributed by atoms with Crippen LogP contribution in [0.1, 0.15) is 44.9 Å². The third-order valence-electron chi connectivity index (χ3n) is 7.74. The number of amides is 1. The van der Waals surface area contributed by atoms with Crippen molar-refractivity contribution >= 4 is 5.91 Å². The SMILES string of the molecule is CC[C@@]1(c2cccc(-c3cnn(-c4ccccc4)c3C(F)(F)F)c2)C2=CN=NC2NC2=C1C(=O)NC(C)(C)C2. The molecule has 2 atom stereocenters. The van der Waals surface area contributed by atoms with Crippen molar-refractivity contribution in [3.8, 4) is 16.8 Å². The lowest BCUT2D eigenvalue weighted by atomic mass is 9.62. The number of nitrogens with one attached hydrogen (secondary N) is 2. The molecule has 3 aliphatic rings. The third-order valence-corrected chi connectivity index (χ3v) is 7.74. The van der Waals surface area contributed by atoms with Gasteiger partial charge in [-0.15, -0.1) is 0 Å². The van der Waals surface area contributed by atoms with Crippen LogP contribution in [0.3, 0.4) is 0 Å². The number of para-hydroxylation sites is 1. The second-order valence-corrected chi connectivity index (χ2v) is 10.7. The van der Waals surface area contributed by atoms with Gasteiger partial charge in [0.05, 0.1) is 29.1 Å². The van der Waals surface area contributed by atoms with Gasteiger partial charge in [0.25, 0.3) is 5.91 Å². The summed E-state index contributed by atoms with van der Waals surface area (Å²) in [5.41, 5.74) is 1.24. The van der Waals surface area contributed by atoms with Gasteiger partial charge < -0.3 is 10.6 Å². The molecule has 1 aromatic heterocycles. The van der Waals surface area contributed by atoms with Crippen molar-refractivity contribution in [2.24, 2.45) is 10.2 Å². The second-order valence-electron chi connectivity index (χ2n) is 10.7. The van der Waals surface area contributed by atoms with Crippen LogP contribution < -0.4 is 10.6 Å². The molecule has 10 heteroatoms. The maximum Gasteiger partial charge on any atom is 0.434 e. The maximum atomic E-state index is 14.5. The molecule has 4 heterocycles. The summed E-state index contributed by atoms with van der Waals surface area (Å²) in [4.78, 5) is 13.6. The Bertz CT molecular complexity index is 1570. The summed E-state index contributed by atoms with van der Waals surface area (Å²) < 4.78 is 44.3. The predicted molar refractivity (Wildman–Crippen MR) is 140 cm³/mol. The first kappa shape index (κ1) is 25.1. The van der Waals surface area contributed by atoms with Gasteiger partial charge >= 0.3 is 6.18 Å². The first-order chi connectivity index (χ1) is 18.5. The van der Waals surface area contributed by atoms with Crippen molar-refractivity contribution in [2.75, 3.05) is 0 Å². The molecule has 0 spiro atoms. The number of azo groups is 1. The number of nitrogens with zero attached hydrogens (tertiary/aromatic N) is 4. The number of carbonyl (C=O) groups excluding carboxylic acids is 1. The average molecular weight is 533 g/mol. The predicted octanol–water partition coefficient (Wildman–Crippen LogP) is 6.04. The zero-order chi connectivity index (χ0) is 27.6. The van der Waals surface area contributed by atoms with Crippen molar-refractivity contribution in [3.63, 3.8) is 0 Å². The fraction of sp³-hybridized carbons (Fsp3) is 0.310. The second kappa shape index (κ2) is 8.65. The van der Waals surface area contributed by atoms with Crippen LogP contribution in [-0.2, 0) is 16.4 Å². The monoisotopic (exact) mass is 532 g/mol. The zero-order valence-electron chi connectivity index (χ0n) is 21.7. The van der Waals surface area contributed by atoms with E-state index in [-0.39, 0.29) is 11.5 Å². The van der Waals surface area contributed by atoms with Gasteiger partial charge in [0.1, 0.15) is 0 Å². The van der Waals surface area contributed by atoms with E-state index >= 15 is 0 Å². The highest BCUT2D eigenvalue weighted by Crippen LogP contribution is 2.52. The van der Waals surface area contributed by atoms with Crippen LogP contribution in [0.15, 0.2) is 94.1 Å². The van der Waals surface area contributed by atoms with Crippen molar-refractivity contribution in [2.45, 2.75) is 56.9 Å². The van der Waals surface area contributed by atoms with Gasteiger partial charge in [0, 0.05) is 28.8 Å². The highest BCUT2D eigenvalue weighted by molar-refractivity contribution is 6.00. The number of alkyl halides is 3. The molecule has 3 aromatic rings. The molecule has 0 aliphatic carbocycles. The molecule has 2 N–H and O–H groups in total. The fourth-order valence-electron chi connectivity index (χ4n) is 6.16. The summed E-state index contributed by atoms with van der Waals surface area (Å²) in [5, 5.41) is 19.1. The summed E-state index contributed by atoms with van der Waals surface area (Å²) in [7, 11) is 0. The van der Waals surface area contributed by atoms with Crippen LogP contribution in [0.4, 0.5) is 13.2 Å². The van der Waals surface area contributed by atoms with Gasteiger partial charge in [-0.05, 0) is 49.6 Å². The molecule has 200 valence electrons. The van der Waals surface area contributed by atoms with Crippen LogP contribution >= 0.6 is 0 Å². The summed E-state index contributed by atoms with van der Waals surface area (Å²) in [6, 6.07) is 15.2. The number of hydrogen-bond acceptors (Lipinski definition) is 5. The Morgan fingerprint density at radius 3 is 2.59 bits per heavy atom. The van der Waals surface area contributed by atoms with E-state index in [1.165, 1.54) is 6.20 Å². The van der Waals surface area contributed by atoms with E-state index in [1.807, 2.05) is 26.8 Å². The van der Waals surface area contributed by atoms with E-state index in [0.717, 1.165) is 16.0 Å². The Hall–Kier alpha value is -4.21. The molecule has 0 fully saturated rings. The summed E-state index contributed by atoms with van der Waals surface area (Å²) in [5.74, 6) is -0.208. The van der Waals surface area contributed by atoms with Crippen molar-refractivity contribution in [1.82, 2.24) is 20.4 Å². The molecular formula is C29H27F3N6O. The Balaban J connectivity index is 1.55. The minimum Gasteiger partial charge on any atom is -0.362 e. The average Bonchev–Trinajstić information content (AvgIpc) is 3.55. The van der Waals surface area contributed by atoms with E-state index in [9.17, 15) is 18.0 Å². The highest BCUT2D eigenvalue weighted by atomic mass is 19.4. The van der Waals surface area contributed by atoms with Crippen LogP contribution in [0.5, 0.6) is 0 Å². The number of halogens is 3. The molecule has 6 rings (SSSR count). The van der Waals surface area contributed by atoms with Crippen LogP contribution in [0.25, 0.3) is 16.8 Å². The number of hydrogen-bond donors (Lipinski definition) is 2. The quantitative estimate of drug-likeness (QED) is 0.430. The normalized spacial score (nSPS) is 23.6. The van der Waals surface area contributed by atoms with Crippen molar-refractivity contribution in [1.29, 1.82) is 0 Å². The van der Waals surface area contributed by atoms with Gasteiger partial charge in [-0.2, -0.15) is 28.5 Å². The van der Waals surface area contributed by atoms with Gasteiger partial charge in [0.15, 0.2) is 11.9 Å². The molecule has 3 aliphatic heterocycles. The van der Waals surface area contributed by atoms with Crippen molar-refractivity contribution < 1.29 is 18.0 Å². The Labute approximate surface area is 223 Å². The standard InChI is InChI=1S/C29H27F3N6O/c1-4-28(21-16-33-37-25(21)35-22-14-27(2,3)36-26(39)23(22)28)18-10-8-9-17(13-18)20-15-34-38(24(20)29(30,31)32)19-11-6-5-7-12-19/h5-13,15-16,25,35H,4,14H2,1-3H3,(H,36,39)/t25?,28-/m1/s1. The van der Waals surface area contributed by atoms with Crippen LogP contribution in [-0.4, -0.2) is 27.4 Å². The van der Waals surface area contributed by atoms with E-state index in [1.54, 1.807) is 54.7 Å². The lowest BCUT2D eigenvalue weighted by Crippen LogP contribution is -2.58. The number of fused-ring (bicyclic) bond motifs is 1. The lowest BCUT2D eigenvalue weighted by molar-refractivity contribution is -0.142. The van der Waals surface area contributed by atoms with Gasteiger partial charge in [-0.1, -0.05) is 43.3 Å². The first-order valence-electron chi connectivity index (χ1n) is 12.8. The Kier molecular flexibility index (Phi) is 5.57. The fourth-order valence-corrected chi connectivity index (χ4v) is 6.16. The molecular weight excluding hydrogens is 505 g/mol. The summed E-state index contributed by atoms with van der Waals surface area (Å²) in [6.07, 6.45) is -1.13. The molecule has 7 nitrogen and oxygen atoms in total. The van der Waals surface area contributed by atoms with Gasteiger partial charge in [-0.3, -0.25) is 4.79 Å². The van der Waals surface area contributed by atoms with Crippen LogP contribution in [0.2, 0.25) is 0 Å². The first-order valence-corrected chi connectivity index (χ1v) is 12.8. The van der Waals surface area contributed by atoms with E-state index < -0.39 is 29.0 Å². The molecule has 1 amide bonds. The van der Waals surface area contributed by atoms with E-state index in [4.69, 9.17) is 0 Å². The number of benzene rings is 2. The molecule has 2 aromatic carbocycles. The maximum absolute atomic E-state index is 14.5. The topological polar surface area (TPSA) is 83.7 Å². The summed E-state index contributed by atoms with van der Waals surface area (Å²) >= 11 is 0. The summed E-state index contributed by atoms with van der Waals surface area (Å²) in [6.45, 7) is 5.88. The van der Waals surface area contributed by atoms with E-state index in [0.29, 0.717) is 35.2 Å². The van der Waals surface area contributed by atoms with Gasteiger partial charge in [0.2, 0.25) is 0 Å². The largest absolute Gasteiger partial charge is 0.434 e. The zero-order valence-corrected chi connectivity index (χ0v) is 21.7. The third kappa shape index (κ3) is 3.88. The molecule has 0 radical (unpaired) electrons. The smallest absolute Gasteiger partial charge is 0.362 e. The molecule has 0 bridgehead atoms. The molecule has 1 unspecified atom stereocenters. The van der Waals surface area contributed by atoms with Gasteiger partial charge in [-0.25, -0.2) is 4.68 Å². The van der Waals surface area contributed by atoms with Crippen LogP contribution in [0, 0.1) is 0 Å². The number of aromatic nitrogens is 2. The minimum atomic E-state index is -4.66. The highest BCUT2D eigenvalue weighted by Gasteiger charge is 2.53. The molecule has 0 saturated heterocycles. The van der Waals surface area contributed by atoms with E-state index in [2.05, 4.69) is 26.0 Å². The Morgan fingerprint density at radius 2 is 1.87 bits per heavy atom. The minimum absolute atomic E-state index is 0.0388. The van der Waals surface area contributed by atoms with Crippen molar-refractivity contribution in [3.05, 3.63) is 95.1 Å². The molecule has 39 heavy (non-hydrogen) atoms. The number of carbonyl (C=O) groups is 1.